The molecule has 0 bridgehead atoms. The van der Waals surface area contributed by atoms with Gasteiger partial charge in [0.15, 0.2) is 6.10 Å². The molecule has 2 aromatic carbocycles. The van der Waals surface area contributed by atoms with Crippen molar-refractivity contribution in [3.63, 3.8) is 0 Å². The highest BCUT2D eigenvalue weighted by atomic mass is 32.2. The van der Waals surface area contributed by atoms with Crippen LogP contribution in [0.25, 0.3) is 0 Å². The van der Waals surface area contributed by atoms with Crippen molar-refractivity contribution < 1.29 is 26.9 Å². The van der Waals surface area contributed by atoms with Gasteiger partial charge in [0.1, 0.15) is 10.6 Å². The number of nitrogens with one attached hydrogen (secondary N) is 1. The molecule has 0 radical (unpaired) electrons. The quantitative estimate of drug-likeness (QED) is 0.401. The predicted octanol–water partition coefficient (Wildman–Crippen LogP) is 3.61. The van der Waals surface area contributed by atoms with Crippen LogP contribution in [0.2, 0.25) is 0 Å². The molecule has 0 spiro atoms. The fraction of sp³-hybridized carbons (Fsp3) is 0.292. The number of aromatic nitrogens is 2. The predicted molar refractivity (Wildman–Crippen MR) is 126 cm³/mol. The number of rotatable bonds is 7. The van der Waals surface area contributed by atoms with E-state index in [2.05, 4.69) is 10.4 Å². The summed E-state index contributed by atoms with van der Waals surface area (Å²) in [4.78, 5) is 25.0. The minimum Gasteiger partial charge on any atom is -0.449 e. The molecule has 0 aliphatic rings. The smallest absolute Gasteiger partial charge is 0.339 e. The van der Waals surface area contributed by atoms with Gasteiger partial charge in [-0.3, -0.25) is 9.48 Å². The van der Waals surface area contributed by atoms with Crippen LogP contribution >= 0.6 is 0 Å². The Balaban J connectivity index is 1.65. The molecule has 0 aliphatic heterocycles. The van der Waals surface area contributed by atoms with Crippen LogP contribution in [0, 0.1) is 27.7 Å². The summed E-state index contributed by atoms with van der Waals surface area (Å²) in [6, 6.07) is 10.5. The molecule has 1 heterocycles. The first-order valence-corrected chi connectivity index (χ1v) is 11.9. The van der Waals surface area contributed by atoms with Crippen LogP contribution < -0.4 is 9.50 Å². The van der Waals surface area contributed by atoms with E-state index in [-0.39, 0.29) is 16.2 Å². The summed E-state index contributed by atoms with van der Waals surface area (Å²) < 4.78 is 37.4. The maximum Gasteiger partial charge on any atom is 0.339 e. The number of aryl methyl sites for hydroxylation is 4. The summed E-state index contributed by atoms with van der Waals surface area (Å²) in [6.07, 6.45) is -1.06. The van der Waals surface area contributed by atoms with Crippen molar-refractivity contribution in [3.8, 4) is 5.75 Å². The van der Waals surface area contributed by atoms with E-state index in [1.54, 1.807) is 38.6 Å². The van der Waals surface area contributed by atoms with E-state index in [0.29, 0.717) is 16.9 Å². The van der Waals surface area contributed by atoms with E-state index in [0.717, 1.165) is 11.3 Å². The van der Waals surface area contributed by atoms with Crippen LogP contribution in [0.3, 0.4) is 0 Å². The molecule has 1 unspecified atom stereocenters. The van der Waals surface area contributed by atoms with Gasteiger partial charge in [0.2, 0.25) is 0 Å². The third-order valence-corrected chi connectivity index (χ3v) is 6.71. The lowest BCUT2D eigenvalue weighted by molar-refractivity contribution is -0.123. The highest BCUT2D eigenvalue weighted by molar-refractivity contribution is 7.87. The van der Waals surface area contributed by atoms with Crippen LogP contribution in [-0.4, -0.2) is 36.2 Å². The number of nitrogens with zero attached hydrogens (tertiary/aromatic N) is 2. The zero-order valence-corrected chi connectivity index (χ0v) is 20.7. The minimum atomic E-state index is -4.04. The molecule has 1 amide bonds. The molecule has 0 fully saturated rings. The number of carbonyl (C=O) groups is 2. The zero-order valence-electron chi connectivity index (χ0n) is 19.9. The summed E-state index contributed by atoms with van der Waals surface area (Å²) in [5.74, 6) is -1.18. The van der Waals surface area contributed by atoms with Crippen LogP contribution in [0.5, 0.6) is 5.75 Å². The lowest BCUT2D eigenvalue weighted by Crippen LogP contribution is -2.30. The molecule has 1 aromatic heterocycles. The fourth-order valence-corrected chi connectivity index (χ4v) is 4.50. The Bertz CT molecular complexity index is 1340. The summed E-state index contributed by atoms with van der Waals surface area (Å²) >= 11 is 0. The van der Waals surface area contributed by atoms with Gasteiger partial charge in [-0.15, -0.1) is 0 Å². The van der Waals surface area contributed by atoms with Crippen molar-refractivity contribution in [2.24, 2.45) is 7.05 Å². The van der Waals surface area contributed by atoms with Gasteiger partial charge in [-0.25, -0.2) is 4.79 Å². The number of carbonyl (C=O) groups excluding carboxylic acids is 2. The van der Waals surface area contributed by atoms with E-state index in [4.69, 9.17) is 8.92 Å². The Morgan fingerprint density at radius 2 is 1.68 bits per heavy atom. The van der Waals surface area contributed by atoms with Gasteiger partial charge < -0.3 is 14.2 Å². The van der Waals surface area contributed by atoms with Gasteiger partial charge in [0.25, 0.3) is 5.91 Å². The molecule has 0 aliphatic carbocycles. The van der Waals surface area contributed by atoms with Crippen molar-refractivity contribution >= 4 is 27.7 Å². The standard InChI is InChI=1S/C24H27N3O6S/c1-14-7-8-15(2)21(13-14)34(30,31)33-20-11-9-19(10-12-20)24(29)32-18(5)23(28)25-22-16(3)26-27(6)17(22)4/h7-13,18H,1-6H3,(H,25,28). The van der Waals surface area contributed by atoms with Crippen LogP contribution in [0.1, 0.15) is 39.8 Å². The number of amides is 1. The lowest BCUT2D eigenvalue weighted by atomic mass is 10.2. The SMILES string of the molecule is Cc1ccc(C)c(S(=O)(=O)Oc2ccc(C(=O)OC(C)C(=O)Nc3c(C)nn(C)c3C)cc2)c1. The Hall–Kier alpha value is -3.66. The molecule has 34 heavy (non-hydrogen) atoms. The highest BCUT2D eigenvalue weighted by Crippen LogP contribution is 2.23. The largest absolute Gasteiger partial charge is 0.449 e. The molecule has 9 nitrogen and oxygen atoms in total. The Labute approximate surface area is 198 Å². The first kappa shape index (κ1) is 25.0. The van der Waals surface area contributed by atoms with Crippen molar-refractivity contribution in [1.29, 1.82) is 0 Å². The normalized spacial score (nSPS) is 12.2. The molecule has 3 rings (SSSR count). The van der Waals surface area contributed by atoms with E-state index in [9.17, 15) is 18.0 Å². The second-order valence-electron chi connectivity index (χ2n) is 8.04. The number of ether oxygens (including phenoxy) is 1. The zero-order chi connectivity index (χ0) is 25.2. The molecular weight excluding hydrogens is 458 g/mol. The topological polar surface area (TPSA) is 117 Å². The first-order chi connectivity index (χ1) is 15.9. The second kappa shape index (κ2) is 9.68. The van der Waals surface area contributed by atoms with E-state index in [1.165, 1.54) is 37.3 Å². The molecule has 0 saturated carbocycles. The maximum atomic E-state index is 12.6. The van der Waals surface area contributed by atoms with E-state index >= 15 is 0 Å². The average Bonchev–Trinajstić information content (AvgIpc) is 3.01. The number of hydrogen-bond donors (Lipinski definition) is 1. The molecular formula is C24H27N3O6S. The number of anilines is 1. The van der Waals surface area contributed by atoms with Crippen LogP contribution in [0.15, 0.2) is 47.4 Å². The number of hydrogen-bond acceptors (Lipinski definition) is 7. The maximum absolute atomic E-state index is 12.6. The first-order valence-electron chi connectivity index (χ1n) is 10.5. The number of esters is 1. The van der Waals surface area contributed by atoms with Gasteiger partial charge in [0, 0.05) is 7.05 Å². The summed E-state index contributed by atoms with van der Waals surface area (Å²) in [5, 5.41) is 6.96. The Morgan fingerprint density at radius 1 is 1.03 bits per heavy atom. The van der Waals surface area contributed by atoms with Gasteiger partial charge in [0.05, 0.1) is 22.6 Å². The number of benzene rings is 2. The van der Waals surface area contributed by atoms with Crippen molar-refractivity contribution in [2.45, 2.75) is 45.6 Å². The van der Waals surface area contributed by atoms with E-state index in [1.807, 2.05) is 13.0 Å². The Kier molecular flexibility index (Phi) is 7.11. The van der Waals surface area contributed by atoms with Crippen LogP contribution in [0.4, 0.5) is 5.69 Å². The molecule has 0 saturated heterocycles. The summed E-state index contributed by atoms with van der Waals surface area (Å²) in [5.41, 5.74) is 3.49. The minimum absolute atomic E-state index is 0.0470. The van der Waals surface area contributed by atoms with Gasteiger partial charge in [-0.1, -0.05) is 12.1 Å². The van der Waals surface area contributed by atoms with Gasteiger partial charge in [-0.05, 0) is 76.1 Å². The third kappa shape index (κ3) is 5.45. The van der Waals surface area contributed by atoms with Crippen molar-refractivity contribution in [1.82, 2.24) is 9.78 Å². The van der Waals surface area contributed by atoms with Gasteiger partial charge >= 0.3 is 16.1 Å². The van der Waals surface area contributed by atoms with Gasteiger partial charge in [-0.2, -0.15) is 13.5 Å². The molecule has 1 atom stereocenters. The van der Waals surface area contributed by atoms with Crippen molar-refractivity contribution in [3.05, 3.63) is 70.5 Å². The summed E-state index contributed by atoms with van der Waals surface area (Å²) in [7, 11) is -2.27. The average molecular weight is 486 g/mol. The fourth-order valence-electron chi connectivity index (χ4n) is 3.26. The lowest BCUT2D eigenvalue weighted by Gasteiger charge is -2.14. The van der Waals surface area contributed by atoms with Crippen LogP contribution in [-0.2, 0) is 26.7 Å². The van der Waals surface area contributed by atoms with E-state index < -0.39 is 28.1 Å². The molecule has 1 N–H and O–H groups in total. The summed E-state index contributed by atoms with van der Waals surface area (Å²) in [6.45, 7) is 8.52. The molecule has 3 aromatic rings. The second-order valence-corrected chi connectivity index (χ2v) is 9.55. The van der Waals surface area contributed by atoms with Crippen molar-refractivity contribution in [2.75, 3.05) is 5.32 Å². The third-order valence-electron chi connectivity index (χ3n) is 5.32. The molecule has 180 valence electrons. The molecule has 10 heteroatoms. The highest BCUT2D eigenvalue weighted by Gasteiger charge is 2.23. The monoisotopic (exact) mass is 485 g/mol. The Morgan fingerprint density at radius 3 is 2.26 bits per heavy atom.